The molecule has 2 saturated heterocycles. The smallest absolute Gasteiger partial charge is 0.164 e. The first-order valence-electron chi connectivity index (χ1n) is 10.7. The minimum atomic E-state index is -0.743. The highest BCUT2D eigenvalue weighted by molar-refractivity contribution is 6.30. The summed E-state index contributed by atoms with van der Waals surface area (Å²) in [5, 5.41) is 1.64. The van der Waals surface area contributed by atoms with Crippen molar-refractivity contribution in [2.24, 2.45) is 0 Å². The first-order chi connectivity index (χ1) is 15.4. The van der Waals surface area contributed by atoms with Gasteiger partial charge in [-0.15, -0.1) is 0 Å². The van der Waals surface area contributed by atoms with Crippen molar-refractivity contribution in [1.82, 2.24) is 14.5 Å². The second-order valence-corrected chi connectivity index (χ2v) is 9.31. The summed E-state index contributed by atoms with van der Waals surface area (Å²) in [7, 11) is 0. The Bertz CT molecular complexity index is 1180. The molecule has 0 spiro atoms. The Morgan fingerprint density at radius 1 is 1.09 bits per heavy atom. The van der Waals surface area contributed by atoms with Crippen LogP contribution in [0.3, 0.4) is 0 Å². The molecule has 168 valence electrons. The average Bonchev–Trinajstić information content (AvgIpc) is 3.35. The van der Waals surface area contributed by atoms with E-state index in [9.17, 15) is 0 Å². The molecule has 3 aromatic rings. The van der Waals surface area contributed by atoms with Crippen molar-refractivity contribution in [2.45, 2.75) is 63.8 Å². The fourth-order valence-corrected chi connectivity index (χ4v) is 5.18. The van der Waals surface area contributed by atoms with Crippen LogP contribution in [0.25, 0.3) is 11.0 Å². The third-order valence-corrected chi connectivity index (χ3v) is 6.58. The molecule has 2 aromatic heterocycles. The number of halogens is 1. The molecule has 2 fully saturated rings. The Morgan fingerprint density at radius 3 is 2.81 bits per heavy atom. The normalized spacial score (nSPS) is 31.4. The number of aromatic nitrogens is 3. The molecule has 9 heteroatoms. The lowest BCUT2D eigenvalue weighted by atomic mass is 9.95. The summed E-state index contributed by atoms with van der Waals surface area (Å²) in [6.45, 7) is 6.39. The van der Waals surface area contributed by atoms with Crippen molar-refractivity contribution < 1.29 is 23.7 Å². The largest absolute Gasteiger partial charge is 0.351 e. The van der Waals surface area contributed by atoms with Crippen LogP contribution in [0, 0.1) is 6.92 Å². The van der Waals surface area contributed by atoms with E-state index in [0.29, 0.717) is 11.6 Å². The van der Waals surface area contributed by atoms with E-state index < -0.39 is 24.2 Å². The van der Waals surface area contributed by atoms with Gasteiger partial charge in [-0.1, -0.05) is 17.7 Å². The first-order valence-corrected chi connectivity index (χ1v) is 11.1. The molecule has 0 radical (unpaired) electrons. The zero-order valence-electron chi connectivity index (χ0n) is 18.0. The molecular weight excluding hydrogens is 434 g/mol. The lowest BCUT2D eigenvalue weighted by Crippen LogP contribution is -2.35. The van der Waals surface area contributed by atoms with Crippen LogP contribution >= 0.6 is 11.6 Å². The standard InChI is InChI=1S/C23H24ClN3O5/c1-12-15-6-7-27(21(15)26-10-25-12)22-20-19(31-23(2,3)32-20)18(30-22)17-16-5-4-14(24)8-13(16)9-28-11-29-17/h4-8,10,17-20,22H,9,11H2,1-3H3/t17-,18-,19-,20-,22-/m1/s1. The highest BCUT2D eigenvalue weighted by Gasteiger charge is 2.58. The van der Waals surface area contributed by atoms with Gasteiger partial charge in [-0.2, -0.15) is 0 Å². The van der Waals surface area contributed by atoms with Crippen molar-refractivity contribution in [3.05, 3.63) is 58.6 Å². The molecule has 0 amide bonds. The number of benzene rings is 1. The Balaban J connectivity index is 1.42. The predicted molar refractivity (Wildman–Crippen MR) is 115 cm³/mol. The number of rotatable bonds is 2. The van der Waals surface area contributed by atoms with Crippen molar-refractivity contribution in [2.75, 3.05) is 6.79 Å². The molecule has 8 nitrogen and oxygen atoms in total. The Morgan fingerprint density at radius 2 is 1.94 bits per heavy atom. The molecular formula is C23H24ClN3O5. The van der Waals surface area contributed by atoms with Crippen molar-refractivity contribution in [3.63, 3.8) is 0 Å². The van der Waals surface area contributed by atoms with Crippen LogP contribution in [-0.2, 0) is 30.3 Å². The van der Waals surface area contributed by atoms with Crippen LogP contribution in [0.5, 0.6) is 0 Å². The average molecular weight is 458 g/mol. The van der Waals surface area contributed by atoms with Gasteiger partial charge in [0.05, 0.1) is 12.3 Å². The Hall–Kier alpha value is -2.07. The summed E-state index contributed by atoms with van der Waals surface area (Å²) in [5.74, 6) is -0.743. The summed E-state index contributed by atoms with van der Waals surface area (Å²) < 4.78 is 33.1. The van der Waals surface area contributed by atoms with Gasteiger partial charge in [0.2, 0.25) is 0 Å². The van der Waals surface area contributed by atoms with Crippen molar-refractivity contribution >= 4 is 22.6 Å². The zero-order chi connectivity index (χ0) is 22.0. The molecule has 1 aromatic carbocycles. The number of nitrogens with zero attached hydrogens (tertiary/aromatic N) is 3. The van der Waals surface area contributed by atoms with Gasteiger partial charge in [-0.25, -0.2) is 9.97 Å². The zero-order valence-corrected chi connectivity index (χ0v) is 18.8. The van der Waals surface area contributed by atoms with Crippen LogP contribution in [0.1, 0.15) is 43.0 Å². The number of fused-ring (bicyclic) bond motifs is 3. The molecule has 0 saturated carbocycles. The summed E-state index contributed by atoms with van der Waals surface area (Å²) in [5.41, 5.74) is 3.68. The minimum Gasteiger partial charge on any atom is -0.351 e. The fourth-order valence-electron chi connectivity index (χ4n) is 4.99. The van der Waals surface area contributed by atoms with Crippen LogP contribution in [0.2, 0.25) is 5.02 Å². The van der Waals surface area contributed by atoms with Crippen molar-refractivity contribution in [1.29, 1.82) is 0 Å². The summed E-state index contributed by atoms with van der Waals surface area (Å²) in [6, 6.07) is 7.76. The van der Waals surface area contributed by atoms with Gasteiger partial charge in [-0.3, -0.25) is 0 Å². The number of hydrogen-bond acceptors (Lipinski definition) is 7. The Labute approximate surface area is 190 Å². The van der Waals surface area contributed by atoms with Crippen molar-refractivity contribution in [3.8, 4) is 0 Å². The number of hydrogen-bond donors (Lipinski definition) is 0. The monoisotopic (exact) mass is 457 g/mol. The molecule has 3 aliphatic rings. The molecule has 6 rings (SSSR count). The van der Waals surface area contributed by atoms with Gasteiger partial charge in [0.25, 0.3) is 0 Å². The van der Waals surface area contributed by atoms with E-state index in [-0.39, 0.29) is 19.0 Å². The first kappa shape index (κ1) is 20.5. The minimum absolute atomic E-state index is 0.155. The van der Waals surface area contributed by atoms with Crippen LogP contribution < -0.4 is 0 Å². The van der Waals surface area contributed by atoms with Crippen LogP contribution in [0.4, 0.5) is 0 Å². The number of ether oxygens (including phenoxy) is 5. The summed E-state index contributed by atoms with van der Waals surface area (Å²) in [4.78, 5) is 8.81. The maximum absolute atomic E-state index is 6.64. The van der Waals surface area contributed by atoms with E-state index in [1.165, 1.54) is 0 Å². The van der Waals surface area contributed by atoms with Gasteiger partial charge in [0.15, 0.2) is 12.0 Å². The third-order valence-electron chi connectivity index (χ3n) is 6.35. The lowest BCUT2D eigenvalue weighted by Gasteiger charge is -2.29. The van der Waals surface area contributed by atoms with E-state index in [2.05, 4.69) is 9.97 Å². The topological polar surface area (TPSA) is 76.9 Å². The molecule has 3 aliphatic heterocycles. The maximum atomic E-state index is 6.64. The van der Waals surface area contributed by atoms with E-state index >= 15 is 0 Å². The quantitative estimate of drug-likeness (QED) is 0.574. The maximum Gasteiger partial charge on any atom is 0.164 e. The molecule has 0 bridgehead atoms. The van der Waals surface area contributed by atoms with Gasteiger partial charge in [-0.05, 0) is 50.1 Å². The third kappa shape index (κ3) is 3.25. The SMILES string of the molecule is Cc1ncnc2c1ccn2[C@@H]1O[C@H]([C@@H]2OCOCc3cc(Cl)ccc32)[C@H]2OC(C)(C)O[C@H]21. The van der Waals surface area contributed by atoms with Gasteiger partial charge in [0.1, 0.15) is 43.2 Å². The Kier molecular flexibility index (Phi) is 4.80. The molecule has 0 unspecified atom stereocenters. The predicted octanol–water partition coefficient (Wildman–Crippen LogP) is 4.06. The summed E-state index contributed by atoms with van der Waals surface area (Å²) in [6.07, 6.45) is 1.65. The van der Waals surface area contributed by atoms with Gasteiger partial charge >= 0.3 is 0 Å². The van der Waals surface area contributed by atoms with E-state index in [4.69, 9.17) is 35.3 Å². The number of aryl methyl sites for hydroxylation is 1. The van der Waals surface area contributed by atoms with Gasteiger partial charge < -0.3 is 28.3 Å². The molecule has 0 aliphatic carbocycles. The molecule has 5 atom stereocenters. The second-order valence-electron chi connectivity index (χ2n) is 8.87. The summed E-state index contributed by atoms with van der Waals surface area (Å²) >= 11 is 6.24. The fraction of sp³-hybridized carbons (Fsp3) is 0.478. The second kappa shape index (κ2) is 7.48. The molecule has 5 heterocycles. The molecule has 32 heavy (non-hydrogen) atoms. The lowest BCUT2D eigenvalue weighted by molar-refractivity contribution is -0.218. The van der Waals surface area contributed by atoms with Crippen LogP contribution in [0.15, 0.2) is 36.8 Å². The van der Waals surface area contributed by atoms with E-state index in [0.717, 1.165) is 27.9 Å². The van der Waals surface area contributed by atoms with E-state index in [1.807, 2.05) is 55.8 Å². The molecule has 0 N–H and O–H groups in total. The van der Waals surface area contributed by atoms with Gasteiger partial charge in [0, 0.05) is 16.6 Å². The van der Waals surface area contributed by atoms with Crippen LogP contribution in [-0.4, -0.2) is 45.4 Å². The highest BCUT2D eigenvalue weighted by atomic mass is 35.5. The highest BCUT2D eigenvalue weighted by Crippen LogP contribution is 2.48. The van der Waals surface area contributed by atoms with E-state index in [1.54, 1.807) is 6.33 Å².